The number of halogens is 1. The van der Waals surface area contributed by atoms with Gasteiger partial charge in [0.15, 0.2) is 0 Å². The van der Waals surface area contributed by atoms with Crippen LogP contribution in [-0.4, -0.2) is 23.4 Å². The van der Waals surface area contributed by atoms with Crippen LogP contribution in [0.5, 0.6) is 0 Å². The number of aryl methyl sites for hydroxylation is 2. The number of rotatable bonds is 4. The minimum atomic E-state index is -0.631. The number of Topliss-reactive ketones (excluding diaryl/α,β-unsaturated/α-hetero) is 1. The summed E-state index contributed by atoms with van der Waals surface area (Å²) < 4.78 is 8.00. The average Bonchev–Trinajstić information content (AvgIpc) is 3.21. The van der Waals surface area contributed by atoms with Crippen LogP contribution in [0.2, 0.25) is 0 Å². The smallest absolute Gasteiger partial charge is 0.343 e. The largest absolute Gasteiger partial charge is 0.465 e. The molecule has 0 fully saturated rings. The Hall–Kier alpha value is -3.38. The third-order valence-corrected chi connectivity index (χ3v) is 6.46. The average molecular weight is 505 g/mol. The number of carbonyl (C=O) groups excluding carboxylic acids is 2. The highest BCUT2D eigenvalue weighted by Crippen LogP contribution is 2.37. The summed E-state index contributed by atoms with van der Waals surface area (Å²) in [7, 11) is 1.29. The van der Waals surface area contributed by atoms with Crippen molar-refractivity contribution in [2.45, 2.75) is 27.7 Å². The predicted octanol–water partition coefficient (Wildman–Crippen LogP) is 6.04. The van der Waals surface area contributed by atoms with Crippen molar-refractivity contribution >= 4 is 39.4 Å². The van der Waals surface area contributed by atoms with Gasteiger partial charge in [-0.2, -0.15) is 0 Å². The van der Waals surface area contributed by atoms with E-state index in [1.165, 1.54) is 12.7 Å². The summed E-state index contributed by atoms with van der Waals surface area (Å²) in [5, 5.41) is 0. The Labute approximate surface area is 202 Å². The molecule has 1 aromatic heterocycles. The van der Waals surface area contributed by atoms with Crippen molar-refractivity contribution in [3.8, 4) is 5.69 Å². The summed E-state index contributed by atoms with van der Waals surface area (Å²) in [5.41, 5.74) is 7.05. The van der Waals surface area contributed by atoms with Crippen molar-refractivity contribution in [1.82, 2.24) is 4.57 Å². The fraction of sp³-hybridized carbons (Fsp3) is 0.185. The Morgan fingerprint density at radius 3 is 2.15 bits per heavy atom. The number of anilines is 1. The lowest BCUT2D eigenvalue weighted by atomic mass is 10.1. The first-order valence-corrected chi connectivity index (χ1v) is 11.4. The summed E-state index contributed by atoms with van der Waals surface area (Å²) in [4.78, 5) is 27.7. The molecular formula is C27H25BrN2O3. The number of hydrogen-bond donors (Lipinski definition) is 0. The van der Waals surface area contributed by atoms with Gasteiger partial charge in [0.25, 0.3) is 0 Å². The summed E-state index contributed by atoms with van der Waals surface area (Å²) in [6.45, 7) is 7.90. The second kappa shape index (κ2) is 8.87. The highest BCUT2D eigenvalue weighted by Gasteiger charge is 2.38. The van der Waals surface area contributed by atoms with Crippen molar-refractivity contribution in [1.29, 1.82) is 0 Å². The molecule has 2 heterocycles. The zero-order valence-electron chi connectivity index (χ0n) is 19.3. The van der Waals surface area contributed by atoms with Gasteiger partial charge in [-0.1, -0.05) is 33.6 Å². The number of ether oxygens (including phenoxy) is 1. The van der Waals surface area contributed by atoms with E-state index < -0.39 is 5.97 Å². The van der Waals surface area contributed by atoms with Gasteiger partial charge in [-0.25, -0.2) is 4.79 Å². The summed E-state index contributed by atoms with van der Waals surface area (Å²) in [6.07, 6.45) is 1.86. The van der Waals surface area contributed by atoms with Gasteiger partial charge in [-0.3, -0.25) is 4.79 Å². The van der Waals surface area contributed by atoms with Crippen LogP contribution in [0.3, 0.4) is 0 Å². The van der Waals surface area contributed by atoms with Crippen molar-refractivity contribution in [3.63, 3.8) is 0 Å². The van der Waals surface area contributed by atoms with Gasteiger partial charge in [0, 0.05) is 32.9 Å². The van der Waals surface area contributed by atoms with E-state index in [0.717, 1.165) is 32.8 Å². The molecule has 0 aliphatic carbocycles. The minimum absolute atomic E-state index is 0.0546. The molecule has 33 heavy (non-hydrogen) atoms. The lowest BCUT2D eigenvalue weighted by molar-refractivity contribution is -0.137. The SMILES string of the molecule is COC(=O)C1=C(C)N(c2ccc(Br)cc2)/C(=C\c2cc(C)n(-c3ccc(C)cc3)c2C)C1=O. The monoisotopic (exact) mass is 504 g/mol. The number of aromatic nitrogens is 1. The second-order valence-electron chi connectivity index (χ2n) is 8.12. The molecule has 1 aliphatic heterocycles. The van der Waals surface area contributed by atoms with Crippen LogP contribution in [0.4, 0.5) is 5.69 Å². The Morgan fingerprint density at radius 1 is 0.939 bits per heavy atom. The topological polar surface area (TPSA) is 51.5 Å². The molecule has 6 heteroatoms. The van der Waals surface area contributed by atoms with E-state index >= 15 is 0 Å². The maximum Gasteiger partial charge on any atom is 0.343 e. The molecule has 1 aliphatic rings. The third kappa shape index (κ3) is 4.07. The van der Waals surface area contributed by atoms with Gasteiger partial charge < -0.3 is 14.2 Å². The van der Waals surface area contributed by atoms with Crippen LogP contribution in [0.15, 0.2) is 76.0 Å². The normalized spacial score (nSPS) is 15.0. The van der Waals surface area contributed by atoms with E-state index in [9.17, 15) is 9.59 Å². The molecule has 168 valence electrons. The van der Waals surface area contributed by atoms with E-state index in [2.05, 4.69) is 57.8 Å². The molecule has 0 atom stereocenters. The highest BCUT2D eigenvalue weighted by atomic mass is 79.9. The van der Waals surface area contributed by atoms with Crippen molar-refractivity contribution in [2.24, 2.45) is 0 Å². The van der Waals surface area contributed by atoms with Gasteiger partial charge in [-0.15, -0.1) is 0 Å². The van der Waals surface area contributed by atoms with Crippen molar-refractivity contribution in [2.75, 3.05) is 12.0 Å². The first kappa shape index (κ1) is 22.8. The zero-order valence-corrected chi connectivity index (χ0v) is 20.9. The molecule has 0 saturated heterocycles. The number of methoxy groups -OCH3 is 1. The zero-order chi connectivity index (χ0) is 23.9. The number of nitrogens with zero attached hydrogens (tertiary/aromatic N) is 2. The number of allylic oxidation sites excluding steroid dienone is 2. The minimum Gasteiger partial charge on any atom is -0.465 e. The quantitative estimate of drug-likeness (QED) is 0.246. The molecule has 0 amide bonds. The first-order valence-electron chi connectivity index (χ1n) is 10.6. The second-order valence-corrected chi connectivity index (χ2v) is 9.04. The molecule has 0 saturated carbocycles. The number of carbonyl (C=O) groups is 2. The standard InChI is InChI=1S/C27H25BrN2O3/c1-16-6-10-22(11-7-16)29-17(2)14-20(18(29)3)15-24-26(31)25(27(32)33-5)19(4)30(24)23-12-8-21(28)9-13-23/h6-15H,1-5H3/b24-15-. The van der Waals surface area contributed by atoms with Gasteiger partial charge in [0.05, 0.1) is 12.8 Å². The fourth-order valence-electron chi connectivity index (χ4n) is 4.25. The number of ketones is 1. The molecule has 0 bridgehead atoms. The lowest BCUT2D eigenvalue weighted by Crippen LogP contribution is -2.18. The Balaban J connectivity index is 1.86. The molecule has 3 aromatic rings. The molecule has 4 rings (SSSR count). The van der Waals surface area contributed by atoms with Crippen LogP contribution in [0, 0.1) is 20.8 Å². The van der Waals surface area contributed by atoms with Gasteiger partial charge in [0.1, 0.15) is 5.57 Å². The fourth-order valence-corrected chi connectivity index (χ4v) is 4.52. The number of esters is 1. The van der Waals surface area contributed by atoms with Crippen LogP contribution in [0.1, 0.15) is 29.4 Å². The van der Waals surface area contributed by atoms with Crippen molar-refractivity contribution < 1.29 is 14.3 Å². The molecule has 0 N–H and O–H groups in total. The molecule has 0 unspecified atom stereocenters. The van der Waals surface area contributed by atoms with Crippen LogP contribution in [0.25, 0.3) is 11.8 Å². The number of hydrogen-bond acceptors (Lipinski definition) is 4. The van der Waals surface area contributed by atoms with Gasteiger partial charge in [0.2, 0.25) is 5.78 Å². The Morgan fingerprint density at radius 2 is 1.55 bits per heavy atom. The van der Waals surface area contributed by atoms with Crippen LogP contribution < -0.4 is 4.90 Å². The summed E-state index contributed by atoms with van der Waals surface area (Å²) in [6, 6.07) is 18.0. The van der Waals surface area contributed by atoms with Crippen molar-refractivity contribution in [3.05, 3.63) is 98.6 Å². The van der Waals surface area contributed by atoms with E-state index in [0.29, 0.717) is 11.4 Å². The Kier molecular flexibility index (Phi) is 6.13. The Bertz CT molecular complexity index is 1310. The lowest BCUT2D eigenvalue weighted by Gasteiger charge is -2.21. The predicted molar refractivity (Wildman–Crippen MR) is 134 cm³/mol. The molecular weight excluding hydrogens is 480 g/mol. The third-order valence-electron chi connectivity index (χ3n) is 5.93. The van der Waals surface area contributed by atoms with E-state index in [1.807, 2.05) is 49.1 Å². The van der Waals surface area contributed by atoms with E-state index in [1.54, 1.807) is 6.92 Å². The summed E-state index contributed by atoms with van der Waals surface area (Å²) >= 11 is 3.45. The highest BCUT2D eigenvalue weighted by molar-refractivity contribution is 9.10. The van der Waals surface area contributed by atoms with Gasteiger partial charge in [-0.05, 0) is 81.8 Å². The molecule has 0 radical (unpaired) electrons. The first-order chi connectivity index (χ1) is 15.7. The maximum atomic E-state index is 13.4. The van der Waals surface area contributed by atoms with Crippen LogP contribution in [-0.2, 0) is 14.3 Å². The van der Waals surface area contributed by atoms with E-state index in [-0.39, 0.29) is 11.4 Å². The number of benzene rings is 2. The molecule has 2 aromatic carbocycles. The maximum absolute atomic E-state index is 13.4. The van der Waals surface area contributed by atoms with Gasteiger partial charge >= 0.3 is 5.97 Å². The molecule has 5 nitrogen and oxygen atoms in total. The summed E-state index contributed by atoms with van der Waals surface area (Å²) in [5.74, 6) is -0.976. The van der Waals surface area contributed by atoms with Crippen LogP contribution >= 0.6 is 15.9 Å². The van der Waals surface area contributed by atoms with E-state index in [4.69, 9.17) is 4.74 Å². The molecule has 0 spiro atoms.